The third-order valence-electron chi connectivity index (χ3n) is 2.34. The Bertz CT molecular complexity index is 576. The molecule has 0 aromatic carbocycles. The summed E-state index contributed by atoms with van der Waals surface area (Å²) in [5, 5.41) is 8.62. The van der Waals surface area contributed by atoms with Crippen LogP contribution in [-0.2, 0) is 19.1 Å². The Labute approximate surface area is 130 Å². The second-order valence-corrected chi connectivity index (χ2v) is 4.42. The molecule has 0 aromatic rings. The molecule has 1 atom stereocenters. The van der Waals surface area contributed by atoms with Gasteiger partial charge in [0, 0.05) is 17.2 Å². The highest BCUT2D eigenvalue weighted by Crippen LogP contribution is 2.13. The normalized spacial score (nSPS) is 12.1. The van der Waals surface area contributed by atoms with E-state index in [4.69, 9.17) is 14.7 Å². The SMILES string of the molecule is C=CC=C(C=CC#N)C(COC(=O)C(=C)C)OC(=O)C(=C)C. The van der Waals surface area contributed by atoms with Crippen LogP contribution in [0.15, 0.2) is 60.8 Å². The summed E-state index contributed by atoms with van der Waals surface area (Å²) in [6.07, 6.45) is 4.82. The van der Waals surface area contributed by atoms with Crippen molar-refractivity contribution in [1.29, 1.82) is 5.26 Å². The zero-order chi connectivity index (χ0) is 17.1. The second kappa shape index (κ2) is 9.94. The number of rotatable bonds is 8. The van der Waals surface area contributed by atoms with E-state index >= 15 is 0 Å². The molecule has 0 spiro atoms. The van der Waals surface area contributed by atoms with Gasteiger partial charge in [-0.05, 0) is 25.5 Å². The molecule has 0 rings (SSSR count). The molecule has 0 aliphatic heterocycles. The van der Waals surface area contributed by atoms with E-state index in [-0.39, 0.29) is 17.8 Å². The molecule has 1 unspecified atom stereocenters. The molecule has 0 aliphatic rings. The number of esters is 2. The molecule has 5 nitrogen and oxygen atoms in total. The third kappa shape index (κ3) is 7.06. The molecular formula is C17H19NO4. The number of hydrogen-bond donors (Lipinski definition) is 0. The third-order valence-corrected chi connectivity index (χ3v) is 2.34. The lowest BCUT2D eigenvalue weighted by molar-refractivity contribution is -0.151. The Balaban J connectivity index is 5.28. The van der Waals surface area contributed by atoms with Crippen molar-refractivity contribution in [1.82, 2.24) is 0 Å². The van der Waals surface area contributed by atoms with Crippen LogP contribution in [0.25, 0.3) is 0 Å². The van der Waals surface area contributed by atoms with Gasteiger partial charge in [-0.15, -0.1) is 0 Å². The maximum Gasteiger partial charge on any atom is 0.333 e. The van der Waals surface area contributed by atoms with Crippen LogP contribution in [-0.4, -0.2) is 24.6 Å². The number of nitrogens with zero attached hydrogens (tertiary/aromatic N) is 1. The molecule has 5 heteroatoms. The van der Waals surface area contributed by atoms with Gasteiger partial charge in [-0.25, -0.2) is 9.59 Å². The van der Waals surface area contributed by atoms with Crippen LogP contribution in [0.3, 0.4) is 0 Å². The summed E-state index contributed by atoms with van der Waals surface area (Å²) >= 11 is 0. The lowest BCUT2D eigenvalue weighted by atomic mass is 10.1. The molecular weight excluding hydrogens is 282 g/mol. The van der Waals surface area contributed by atoms with E-state index in [2.05, 4.69) is 19.7 Å². The fourth-order valence-electron chi connectivity index (χ4n) is 1.24. The van der Waals surface area contributed by atoms with Gasteiger partial charge in [0.2, 0.25) is 0 Å². The largest absolute Gasteiger partial charge is 0.458 e. The van der Waals surface area contributed by atoms with Gasteiger partial charge in [-0.1, -0.05) is 31.9 Å². The maximum absolute atomic E-state index is 11.7. The molecule has 0 heterocycles. The molecule has 0 saturated heterocycles. The maximum atomic E-state index is 11.7. The van der Waals surface area contributed by atoms with E-state index in [1.165, 1.54) is 32.1 Å². The van der Waals surface area contributed by atoms with Crippen molar-refractivity contribution in [2.45, 2.75) is 20.0 Å². The van der Waals surface area contributed by atoms with Gasteiger partial charge in [0.05, 0.1) is 6.07 Å². The van der Waals surface area contributed by atoms with Gasteiger partial charge in [-0.2, -0.15) is 5.26 Å². The minimum Gasteiger partial charge on any atom is -0.458 e. The van der Waals surface area contributed by atoms with Crippen molar-refractivity contribution in [3.8, 4) is 6.07 Å². The number of carbonyl (C=O) groups excluding carboxylic acids is 2. The van der Waals surface area contributed by atoms with Crippen LogP contribution in [0.5, 0.6) is 0 Å². The summed E-state index contributed by atoms with van der Waals surface area (Å²) in [6.45, 7) is 13.3. The Kier molecular flexibility index (Phi) is 8.65. The monoisotopic (exact) mass is 301 g/mol. The van der Waals surface area contributed by atoms with Crippen LogP contribution < -0.4 is 0 Å². The van der Waals surface area contributed by atoms with Crippen molar-refractivity contribution in [3.05, 3.63) is 60.8 Å². The highest BCUT2D eigenvalue weighted by molar-refractivity contribution is 5.88. The van der Waals surface area contributed by atoms with Crippen LogP contribution in [0.2, 0.25) is 0 Å². The Hall–Kier alpha value is -2.87. The zero-order valence-electron chi connectivity index (χ0n) is 12.8. The highest BCUT2D eigenvalue weighted by Gasteiger charge is 2.20. The van der Waals surface area contributed by atoms with Crippen molar-refractivity contribution in [3.63, 3.8) is 0 Å². The first-order valence-electron chi connectivity index (χ1n) is 6.41. The van der Waals surface area contributed by atoms with Gasteiger partial charge in [0.1, 0.15) is 6.61 Å². The van der Waals surface area contributed by atoms with E-state index in [0.717, 1.165) is 0 Å². The summed E-state index contributed by atoms with van der Waals surface area (Å²) in [6, 6.07) is 1.84. The summed E-state index contributed by atoms with van der Waals surface area (Å²) in [5.74, 6) is -1.23. The van der Waals surface area contributed by atoms with Crippen LogP contribution >= 0.6 is 0 Å². The van der Waals surface area contributed by atoms with Gasteiger partial charge in [-0.3, -0.25) is 0 Å². The molecule has 0 fully saturated rings. The number of nitriles is 1. The summed E-state index contributed by atoms with van der Waals surface area (Å²) in [5.41, 5.74) is 0.894. The predicted molar refractivity (Wildman–Crippen MR) is 83.5 cm³/mol. The predicted octanol–water partition coefficient (Wildman–Crippen LogP) is 2.79. The van der Waals surface area contributed by atoms with Crippen LogP contribution in [0.4, 0.5) is 0 Å². The first-order valence-corrected chi connectivity index (χ1v) is 6.41. The van der Waals surface area contributed by atoms with E-state index in [1.807, 2.05) is 6.07 Å². The molecule has 0 radical (unpaired) electrons. The zero-order valence-corrected chi connectivity index (χ0v) is 12.8. The molecule has 0 N–H and O–H groups in total. The molecule has 22 heavy (non-hydrogen) atoms. The fraction of sp³-hybridized carbons (Fsp3) is 0.235. The molecule has 0 saturated carbocycles. The lowest BCUT2D eigenvalue weighted by Crippen LogP contribution is -2.27. The highest BCUT2D eigenvalue weighted by atomic mass is 16.6. The number of hydrogen-bond acceptors (Lipinski definition) is 5. The van der Waals surface area contributed by atoms with Crippen molar-refractivity contribution in [2.24, 2.45) is 0 Å². The van der Waals surface area contributed by atoms with E-state index in [0.29, 0.717) is 5.57 Å². The molecule has 116 valence electrons. The van der Waals surface area contributed by atoms with Gasteiger partial charge >= 0.3 is 11.9 Å². The molecule has 0 bridgehead atoms. The Morgan fingerprint density at radius 2 is 1.82 bits per heavy atom. The second-order valence-electron chi connectivity index (χ2n) is 4.42. The average molecular weight is 301 g/mol. The molecule has 0 aromatic heterocycles. The standard InChI is InChI=1S/C17H19NO4/c1-6-8-14(9-7-10-18)15(22-17(20)13(4)5)11-21-16(19)12(2)3/h6-9,15H,1-2,4,11H2,3,5H3. The summed E-state index contributed by atoms with van der Waals surface area (Å²) < 4.78 is 10.2. The number of ether oxygens (including phenoxy) is 2. The number of allylic oxidation sites excluding steroid dienone is 3. The van der Waals surface area contributed by atoms with Crippen molar-refractivity contribution >= 4 is 11.9 Å². The molecule has 0 aliphatic carbocycles. The van der Waals surface area contributed by atoms with Gasteiger partial charge in [0.15, 0.2) is 6.10 Å². The minimum absolute atomic E-state index is 0.207. The van der Waals surface area contributed by atoms with E-state index in [9.17, 15) is 9.59 Å². The van der Waals surface area contributed by atoms with Crippen molar-refractivity contribution in [2.75, 3.05) is 6.61 Å². The minimum atomic E-state index is -0.880. The van der Waals surface area contributed by atoms with E-state index in [1.54, 1.807) is 6.08 Å². The van der Waals surface area contributed by atoms with Crippen molar-refractivity contribution < 1.29 is 19.1 Å². The Morgan fingerprint density at radius 1 is 1.23 bits per heavy atom. The summed E-state index contributed by atoms with van der Waals surface area (Å²) in [4.78, 5) is 23.2. The first-order chi connectivity index (χ1) is 10.3. The number of carbonyl (C=O) groups is 2. The smallest absolute Gasteiger partial charge is 0.333 e. The summed E-state index contributed by atoms with van der Waals surface area (Å²) in [7, 11) is 0. The van der Waals surface area contributed by atoms with E-state index < -0.39 is 18.0 Å². The fourth-order valence-corrected chi connectivity index (χ4v) is 1.24. The van der Waals surface area contributed by atoms with Gasteiger partial charge < -0.3 is 9.47 Å². The lowest BCUT2D eigenvalue weighted by Gasteiger charge is -2.19. The topological polar surface area (TPSA) is 76.4 Å². The van der Waals surface area contributed by atoms with Crippen LogP contribution in [0, 0.1) is 11.3 Å². The molecule has 0 amide bonds. The Morgan fingerprint density at radius 3 is 2.27 bits per heavy atom. The first kappa shape index (κ1) is 19.1. The average Bonchev–Trinajstić information content (AvgIpc) is 2.46. The quantitative estimate of drug-likeness (QED) is 0.298. The van der Waals surface area contributed by atoms with Crippen LogP contribution in [0.1, 0.15) is 13.8 Å². The van der Waals surface area contributed by atoms with Gasteiger partial charge in [0.25, 0.3) is 0 Å².